The number of rotatable bonds is 8. The molecule has 17 heteroatoms. The molecule has 3 fully saturated rings. The van der Waals surface area contributed by atoms with E-state index in [9.17, 15) is 55.9 Å². The molecule has 1 amide bonds. The summed E-state index contributed by atoms with van der Waals surface area (Å²) >= 11 is 0. The van der Waals surface area contributed by atoms with Crippen LogP contribution in [0.2, 0.25) is 0 Å². The minimum Gasteiger partial charge on any atom is -0.394 e. The fourth-order valence-corrected chi connectivity index (χ4v) is 4.25. The molecule has 0 radical (unpaired) electrons. The van der Waals surface area contributed by atoms with Crippen molar-refractivity contribution in [3.05, 3.63) is 0 Å². The topological polar surface area (TPSA) is 278 Å². The van der Waals surface area contributed by atoms with E-state index in [1.165, 1.54) is 0 Å². The molecule has 0 aliphatic carbocycles. The number of aliphatic hydroxyl groups excluding tert-OH is 10. The maximum Gasteiger partial charge on any atom is 0.217 e. The van der Waals surface area contributed by atoms with Gasteiger partial charge < -0.3 is 80.1 Å². The lowest BCUT2D eigenvalue weighted by molar-refractivity contribution is -0.337. The molecule has 15 atom stereocenters. The van der Waals surface area contributed by atoms with Crippen molar-refractivity contribution in [3.8, 4) is 0 Å². The van der Waals surface area contributed by atoms with Crippen LogP contribution < -0.4 is 5.32 Å². The van der Waals surface area contributed by atoms with Crippen LogP contribution >= 0.6 is 0 Å². The van der Waals surface area contributed by atoms with Gasteiger partial charge in [0.1, 0.15) is 73.2 Å². The predicted molar refractivity (Wildman–Crippen MR) is 113 cm³/mol. The second-order valence-corrected chi connectivity index (χ2v) is 9.15. The maximum atomic E-state index is 11.2. The highest BCUT2D eigenvalue weighted by Crippen LogP contribution is 2.27. The van der Waals surface area contributed by atoms with E-state index in [1.807, 2.05) is 0 Å². The molecular weight excluding hydrogens is 510 g/mol. The average molecular weight is 545 g/mol. The third-order valence-corrected chi connectivity index (χ3v) is 6.46. The number of aliphatic hydroxyl groups is 10. The Labute approximate surface area is 210 Å². The fourth-order valence-electron chi connectivity index (χ4n) is 4.25. The molecule has 3 aliphatic rings. The highest BCUT2D eigenvalue weighted by molar-refractivity contribution is 5.73. The van der Waals surface area contributed by atoms with E-state index < -0.39 is 118 Å². The molecule has 0 aromatic rings. The molecule has 3 rings (SSSR count). The standard InChI is InChI=1S/C20H35NO16/c1-5(23)21-9-13(27)11(25)7(35-18(9)32)3-33-20-17(31)15(29)12(26)8(37-20)4-34-19-16(30)14(28)10(24)6(2-22)36-19/h6-20,22,24-32H,2-4H2,1H3,(H,21,23)/t6-,7-,8-,9-,10+,11-,12+,13-,14+,15+,16-,17-,18?,19-,20-/m1/s1. The van der Waals surface area contributed by atoms with E-state index in [2.05, 4.69) is 5.32 Å². The number of hydrogen-bond donors (Lipinski definition) is 11. The summed E-state index contributed by atoms with van der Waals surface area (Å²) in [5.41, 5.74) is 0. The van der Waals surface area contributed by atoms with Crippen LogP contribution in [0.4, 0.5) is 0 Å². The van der Waals surface area contributed by atoms with Crippen LogP contribution in [0.15, 0.2) is 0 Å². The molecule has 17 nitrogen and oxygen atoms in total. The Morgan fingerprint density at radius 1 is 0.649 bits per heavy atom. The van der Waals surface area contributed by atoms with Crippen LogP contribution in [-0.4, -0.2) is 169 Å². The van der Waals surface area contributed by atoms with Gasteiger partial charge in [-0.05, 0) is 0 Å². The van der Waals surface area contributed by atoms with E-state index in [0.717, 1.165) is 6.92 Å². The predicted octanol–water partition coefficient (Wildman–Crippen LogP) is -7.43. The van der Waals surface area contributed by atoms with Gasteiger partial charge in [0.2, 0.25) is 5.91 Å². The summed E-state index contributed by atoms with van der Waals surface area (Å²) < 4.78 is 26.5. The van der Waals surface area contributed by atoms with E-state index in [-0.39, 0.29) is 0 Å². The largest absolute Gasteiger partial charge is 0.394 e. The highest BCUT2D eigenvalue weighted by Gasteiger charge is 2.49. The number of carbonyl (C=O) groups excluding carboxylic acids is 1. The van der Waals surface area contributed by atoms with Crippen LogP contribution in [0, 0.1) is 0 Å². The Kier molecular flexibility index (Phi) is 10.5. The molecule has 3 saturated heterocycles. The number of amides is 1. The van der Waals surface area contributed by atoms with Gasteiger partial charge in [-0.1, -0.05) is 0 Å². The van der Waals surface area contributed by atoms with Crippen molar-refractivity contribution in [3.63, 3.8) is 0 Å². The number of nitrogens with one attached hydrogen (secondary N) is 1. The number of hydrogen-bond acceptors (Lipinski definition) is 16. The Hall–Kier alpha value is -1.13. The lowest BCUT2D eigenvalue weighted by Gasteiger charge is -2.44. The summed E-state index contributed by atoms with van der Waals surface area (Å²) in [7, 11) is 0. The smallest absolute Gasteiger partial charge is 0.217 e. The van der Waals surface area contributed by atoms with Crippen molar-refractivity contribution in [1.82, 2.24) is 5.32 Å². The van der Waals surface area contributed by atoms with Crippen LogP contribution in [0.25, 0.3) is 0 Å². The fraction of sp³-hybridized carbons (Fsp3) is 0.950. The number of ether oxygens (including phenoxy) is 5. The van der Waals surface area contributed by atoms with Crippen molar-refractivity contribution >= 4 is 5.91 Å². The maximum absolute atomic E-state index is 11.2. The molecule has 0 aromatic heterocycles. The highest BCUT2D eigenvalue weighted by atomic mass is 16.7. The number of carbonyl (C=O) groups is 1. The molecule has 11 N–H and O–H groups in total. The molecule has 1 unspecified atom stereocenters. The average Bonchev–Trinajstić information content (AvgIpc) is 2.86. The first-order valence-electron chi connectivity index (χ1n) is 11.6. The van der Waals surface area contributed by atoms with Gasteiger partial charge in [0, 0.05) is 6.92 Å². The molecule has 216 valence electrons. The van der Waals surface area contributed by atoms with Gasteiger partial charge in [-0.3, -0.25) is 4.79 Å². The van der Waals surface area contributed by atoms with Crippen LogP contribution in [0.3, 0.4) is 0 Å². The first-order chi connectivity index (χ1) is 17.4. The molecule has 37 heavy (non-hydrogen) atoms. The first-order valence-corrected chi connectivity index (χ1v) is 11.6. The minimum absolute atomic E-state index is 0.576. The van der Waals surface area contributed by atoms with Crippen molar-refractivity contribution in [1.29, 1.82) is 0 Å². The van der Waals surface area contributed by atoms with Gasteiger partial charge in [-0.2, -0.15) is 0 Å². The van der Waals surface area contributed by atoms with Gasteiger partial charge in [0.15, 0.2) is 18.9 Å². The van der Waals surface area contributed by atoms with Crippen molar-refractivity contribution < 1.29 is 79.5 Å². The molecule has 3 aliphatic heterocycles. The second-order valence-electron chi connectivity index (χ2n) is 9.15. The van der Waals surface area contributed by atoms with Gasteiger partial charge >= 0.3 is 0 Å². The summed E-state index contributed by atoms with van der Waals surface area (Å²) in [5, 5.41) is 103. The lowest BCUT2D eigenvalue weighted by Crippen LogP contribution is -2.65. The van der Waals surface area contributed by atoms with Gasteiger partial charge in [-0.25, -0.2) is 0 Å². The lowest BCUT2D eigenvalue weighted by atomic mass is 9.96. The molecule has 0 saturated carbocycles. The molecule has 0 bridgehead atoms. The first kappa shape index (κ1) is 30.4. The Morgan fingerprint density at radius 2 is 1.08 bits per heavy atom. The van der Waals surface area contributed by atoms with E-state index in [4.69, 9.17) is 23.7 Å². The Bertz CT molecular complexity index is 745. The molecule has 0 spiro atoms. The monoisotopic (exact) mass is 545 g/mol. The summed E-state index contributed by atoms with van der Waals surface area (Å²) in [5.74, 6) is -0.586. The third kappa shape index (κ3) is 6.72. The molecule has 3 heterocycles. The molecular formula is C20H35NO16. The SMILES string of the molecule is CC(=O)N[C@H]1C(O)O[C@H](CO[C@@H]2O[C@H](CO[C@@H]3O[C@H](CO)[C@H](O)[C@H](O)[C@H]3O)[C@H](O)[C@H](O)[C@H]2O)[C@@H](O)[C@@H]1O. The van der Waals surface area contributed by atoms with Crippen molar-refractivity contribution in [2.24, 2.45) is 0 Å². The normalized spacial score (nSPS) is 49.0. The van der Waals surface area contributed by atoms with Crippen LogP contribution in [0.5, 0.6) is 0 Å². The van der Waals surface area contributed by atoms with Crippen LogP contribution in [0.1, 0.15) is 6.92 Å². The Morgan fingerprint density at radius 3 is 1.57 bits per heavy atom. The molecule has 0 aromatic carbocycles. The van der Waals surface area contributed by atoms with Gasteiger partial charge in [-0.15, -0.1) is 0 Å². The van der Waals surface area contributed by atoms with E-state index in [1.54, 1.807) is 0 Å². The Balaban J connectivity index is 1.58. The van der Waals surface area contributed by atoms with E-state index >= 15 is 0 Å². The third-order valence-electron chi connectivity index (χ3n) is 6.46. The zero-order chi connectivity index (χ0) is 27.6. The summed E-state index contributed by atoms with van der Waals surface area (Å²) in [4.78, 5) is 11.2. The summed E-state index contributed by atoms with van der Waals surface area (Å²) in [6.07, 6.45) is -22.5. The summed E-state index contributed by atoms with van der Waals surface area (Å²) in [6, 6.07) is -1.32. The minimum atomic E-state index is -1.81. The quantitative estimate of drug-likeness (QED) is 0.135. The van der Waals surface area contributed by atoms with Crippen molar-refractivity contribution in [2.75, 3.05) is 19.8 Å². The zero-order valence-electron chi connectivity index (χ0n) is 19.7. The van der Waals surface area contributed by atoms with Gasteiger partial charge in [0.25, 0.3) is 0 Å². The van der Waals surface area contributed by atoms with Crippen LogP contribution in [-0.2, 0) is 28.5 Å². The summed E-state index contributed by atoms with van der Waals surface area (Å²) in [6.45, 7) is -0.711. The second kappa shape index (κ2) is 12.8. The van der Waals surface area contributed by atoms with Gasteiger partial charge in [0.05, 0.1) is 19.8 Å². The zero-order valence-corrected chi connectivity index (χ0v) is 19.7. The van der Waals surface area contributed by atoms with E-state index in [0.29, 0.717) is 0 Å². The van der Waals surface area contributed by atoms with Crippen molar-refractivity contribution in [2.45, 2.75) is 99.0 Å².